The van der Waals surface area contributed by atoms with Crippen LogP contribution >= 0.6 is 11.6 Å². The van der Waals surface area contributed by atoms with Gasteiger partial charge < -0.3 is 10.6 Å². The fraction of sp³-hybridized carbons (Fsp3) is 0.333. The van der Waals surface area contributed by atoms with Crippen molar-refractivity contribution in [2.75, 3.05) is 5.32 Å². The van der Waals surface area contributed by atoms with Crippen LogP contribution in [0, 0.1) is 6.92 Å². The monoisotopic (exact) mass is 370 g/mol. The Balaban J connectivity index is 1.69. The highest BCUT2D eigenvalue weighted by molar-refractivity contribution is 6.30. The van der Waals surface area contributed by atoms with Crippen molar-refractivity contribution in [3.05, 3.63) is 64.2 Å². The molecule has 0 radical (unpaired) electrons. The van der Waals surface area contributed by atoms with Crippen LogP contribution in [0.2, 0.25) is 5.02 Å². The van der Waals surface area contributed by atoms with E-state index in [1.54, 1.807) is 42.5 Å². The molecule has 5 heteroatoms. The van der Waals surface area contributed by atoms with Crippen LogP contribution in [0.25, 0.3) is 0 Å². The smallest absolute Gasteiger partial charge is 0.255 e. The van der Waals surface area contributed by atoms with Crippen LogP contribution in [0.15, 0.2) is 42.5 Å². The molecule has 136 valence electrons. The van der Waals surface area contributed by atoms with Gasteiger partial charge in [-0.05, 0) is 61.7 Å². The Morgan fingerprint density at radius 2 is 1.65 bits per heavy atom. The van der Waals surface area contributed by atoms with Crippen molar-refractivity contribution in [2.45, 2.75) is 45.1 Å². The molecule has 0 spiro atoms. The normalized spacial score (nSPS) is 14.7. The van der Waals surface area contributed by atoms with Gasteiger partial charge in [0, 0.05) is 27.9 Å². The minimum absolute atomic E-state index is 0.116. The number of anilines is 1. The van der Waals surface area contributed by atoms with Crippen molar-refractivity contribution in [2.24, 2.45) is 0 Å². The van der Waals surface area contributed by atoms with Gasteiger partial charge in [-0.1, -0.05) is 36.9 Å². The number of carbonyl (C=O) groups is 2. The topological polar surface area (TPSA) is 58.2 Å². The second-order valence-electron chi connectivity index (χ2n) is 6.80. The van der Waals surface area contributed by atoms with Crippen LogP contribution in [-0.2, 0) is 0 Å². The number of hydrogen-bond acceptors (Lipinski definition) is 2. The van der Waals surface area contributed by atoms with E-state index in [1.807, 2.05) is 6.92 Å². The summed E-state index contributed by atoms with van der Waals surface area (Å²) in [5.74, 6) is -0.364. The molecule has 0 atom stereocenters. The van der Waals surface area contributed by atoms with Crippen molar-refractivity contribution in [3.63, 3.8) is 0 Å². The van der Waals surface area contributed by atoms with E-state index in [0.717, 1.165) is 31.2 Å². The lowest BCUT2D eigenvalue weighted by Gasteiger charge is -2.22. The Morgan fingerprint density at radius 1 is 0.962 bits per heavy atom. The summed E-state index contributed by atoms with van der Waals surface area (Å²) in [6, 6.07) is 12.4. The maximum absolute atomic E-state index is 12.5. The molecule has 0 saturated heterocycles. The SMILES string of the molecule is Cc1cc(Cl)ccc1NC(=O)c1cccc(C(=O)NC2CCCCC2)c1. The number of aryl methyl sites for hydroxylation is 1. The lowest BCUT2D eigenvalue weighted by atomic mass is 9.95. The molecule has 3 rings (SSSR count). The first kappa shape index (κ1) is 18.5. The van der Waals surface area contributed by atoms with Crippen molar-refractivity contribution < 1.29 is 9.59 Å². The van der Waals surface area contributed by atoms with Crippen LogP contribution < -0.4 is 10.6 Å². The van der Waals surface area contributed by atoms with Gasteiger partial charge in [-0.3, -0.25) is 9.59 Å². The maximum atomic E-state index is 12.5. The van der Waals surface area contributed by atoms with Gasteiger partial charge in [0.15, 0.2) is 0 Å². The fourth-order valence-corrected chi connectivity index (χ4v) is 3.51. The summed E-state index contributed by atoms with van der Waals surface area (Å²) < 4.78 is 0. The lowest BCUT2D eigenvalue weighted by Crippen LogP contribution is -2.36. The van der Waals surface area contributed by atoms with Crippen molar-refractivity contribution in [1.82, 2.24) is 5.32 Å². The molecule has 2 aromatic carbocycles. The van der Waals surface area contributed by atoms with Gasteiger partial charge in [0.05, 0.1) is 0 Å². The first-order valence-corrected chi connectivity index (χ1v) is 9.39. The maximum Gasteiger partial charge on any atom is 0.255 e. The third-order valence-electron chi connectivity index (χ3n) is 4.76. The van der Waals surface area contributed by atoms with Crippen LogP contribution in [0.3, 0.4) is 0 Å². The molecule has 2 N–H and O–H groups in total. The molecular weight excluding hydrogens is 348 g/mol. The van der Waals surface area contributed by atoms with Crippen LogP contribution in [0.5, 0.6) is 0 Å². The highest BCUT2D eigenvalue weighted by atomic mass is 35.5. The van der Waals surface area contributed by atoms with Crippen molar-refractivity contribution in [3.8, 4) is 0 Å². The van der Waals surface area contributed by atoms with E-state index in [1.165, 1.54) is 6.42 Å². The first-order chi connectivity index (χ1) is 12.5. The van der Waals surface area contributed by atoms with Gasteiger partial charge in [0.1, 0.15) is 0 Å². The Kier molecular flexibility index (Phi) is 5.94. The quantitative estimate of drug-likeness (QED) is 0.798. The summed E-state index contributed by atoms with van der Waals surface area (Å²) in [6.45, 7) is 1.88. The first-order valence-electron chi connectivity index (χ1n) is 9.01. The molecular formula is C21H23ClN2O2. The molecule has 2 aromatic rings. The number of hydrogen-bond donors (Lipinski definition) is 2. The molecule has 1 fully saturated rings. The Hall–Kier alpha value is -2.33. The zero-order chi connectivity index (χ0) is 18.5. The largest absolute Gasteiger partial charge is 0.349 e. The predicted molar refractivity (Wildman–Crippen MR) is 105 cm³/mol. The number of rotatable bonds is 4. The minimum Gasteiger partial charge on any atom is -0.349 e. The standard InChI is InChI=1S/C21H23ClN2O2/c1-14-12-17(22)10-11-19(14)24-21(26)16-7-5-6-15(13-16)20(25)23-18-8-3-2-4-9-18/h5-7,10-13,18H,2-4,8-9H2,1H3,(H,23,25)(H,24,26). The molecule has 2 amide bonds. The molecule has 1 aliphatic rings. The molecule has 0 unspecified atom stereocenters. The van der Waals surface area contributed by atoms with E-state index in [2.05, 4.69) is 10.6 Å². The lowest BCUT2D eigenvalue weighted by molar-refractivity contribution is 0.0927. The molecule has 1 saturated carbocycles. The molecule has 0 heterocycles. The molecule has 0 aliphatic heterocycles. The van der Waals surface area contributed by atoms with Gasteiger partial charge in [-0.25, -0.2) is 0 Å². The Bertz CT molecular complexity index is 813. The average molecular weight is 371 g/mol. The third kappa shape index (κ3) is 4.64. The number of nitrogens with one attached hydrogen (secondary N) is 2. The van der Waals surface area contributed by atoms with Crippen molar-refractivity contribution >= 4 is 29.1 Å². The number of benzene rings is 2. The third-order valence-corrected chi connectivity index (χ3v) is 5.00. The van der Waals surface area contributed by atoms with Gasteiger partial charge >= 0.3 is 0 Å². The Labute approximate surface area is 158 Å². The second-order valence-corrected chi connectivity index (χ2v) is 7.24. The van der Waals surface area contributed by atoms with Gasteiger partial charge in [0.2, 0.25) is 0 Å². The van der Waals surface area contributed by atoms with Crippen LogP contribution in [0.1, 0.15) is 58.4 Å². The molecule has 0 aromatic heterocycles. The number of amides is 2. The average Bonchev–Trinajstić information content (AvgIpc) is 2.65. The fourth-order valence-electron chi connectivity index (χ4n) is 3.28. The molecule has 0 bridgehead atoms. The van der Waals surface area contributed by atoms with E-state index in [-0.39, 0.29) is 17.9 Å². The minimum atomic E-state index is -0.247. The number of carbonyl (C=O) groups excluding carboxylic acids is 2. The number of halogens is 1. The van der Waals surface area contributed by atoms with E-state index in [4.69, 9.17) is 11.6 Å². The zero-order valence-electron chi connectivity index (χ0n) is 14.8. The highest BCUT2D eigenvalue weighted by Crippen LogP contribution is 2.21. The summed E-state index contributed by atoms with van der Waals surface area (Å²) in [5.41, 5.74) is 2.56. The van der Waals surface area contributed by atoms with E-state index in [0.29, 0.717) is 21.8 Å². The summed E-state index contributed by atoms with van der Waals surface area (Å²) in [4.78, 5) is 25.0. The van der Waals surface area contributed by atoms with E-state index in [9.17, 15) is 9.59 Å². The van der Waals surface area contributed by atoms with Crippen LogP contribution in [0.4, 0.5) is 5.69 Å². The molecule has 4 nitrogen and oxygen atoms in total. The highest BCUT2D eigenvalue weighted by Gasteiger charge is 2.17. The summed E-state index contributed by atoms with van der Waals surface area (Å²) >= 11 is 5.95. The Morgan fingerprint density at radius 3 is 2.35 bits per heavy atom. The van der Waals surface area contributed by atoms with E-state index >= 15 is 0 Å². The van der Waals surface area contributed by atoms with Crippen molar-refractivity contribution in [1.29, 1.82) is 0 Å². The summed E-state index contributed by atoms with van der Waals surface area (Å²) in [7, 11) is 0. The van der Waals surface area contributed by atoms with Gasteiger partial charge in [-0.15, -0.1) is 0 Å². The molecule has 1 aliphatic carbocycles. The summed E-state index contributed by atoms with van der Waals surface area (Å²) in [6.07, 6.45) is 5.62. The second kappa shape index (κ2) is 8.37. The zero-order valence-corrected chi connectivity index (χ0v) is 15.6. The van der Waals surface area contributed by atoms with Gasteiger partial charge in [0.25, 0.3) is 11.8 Å². The van der Waals surface area contributed by atoms with E-state index < -0.39 is 0 Å². The molecule has 26 heavy (non-hydrogen) atoms. The summed E-state index contributed by atoms with van der Waals surface area (Å²) in [5, 5.41) is 6.58. The predicted octanol–water partition coefficient (Wildman–Crippen LogP) is 4.96. The van der Waals surface area contributed by atoms with Crippen LogP contribution in [-0.4, -0.2) is 17.9 Å². The van der Waals surface area contributed by atoms with Gasteiger partial charge in [-0.2, -0.15) is 0 Å².